The summed E-state index contributed by atoms with van der Waals surface area (Å²) in [4.78, 5) is 17.5. The third-order valence-corrected chi connectivity index (χ3v) is 4.02. The van der Waals surface area contributed by atoms with E-state index >= 15 is 0 Å². The number of nitrogens with one attached hydrogen (secondary N) is 1. The van der Waals surface area contributed by atoms with Crippen molar-refractivity contribution < 1.29 is 14.6 Å². The first-order valence-electron chi connectivity index (χ1n) is 7.55. The molecule has 2 aromatic heterocycles. The number of pyridine rings is 1. The average Bonchev–Trinajstić information content (AvgIpc) is 3.28. The van der Waals surface area contributed by atoms with Gasteiger partial charge in [0.15, 0.2) is 0 Å². The first kappa shape index (κ1) is 15.5. The monoisotopic (exact) mass is 316 g/mol. The molecule has 0 saturated heterocycles. The van der Waals surface area contributed by atoms with E-state index in [4.69, 9.17) is 4.74 Å². The SMILES string of the molecule is COc1ccc(C(C(=O)O)N(C)Cc2cc(C3CC3)n[nH]2)cn1. The number of rotatable bonds is 7. The lowest BCUT2D eigenvalue weighted by Crippen LogP contribution is -2.30. The third kappa shape index (κ3) is 3.50. The van der Waals surface area contributed by atoms with Gasteiger partial charge in [0.2, 0.25) is 5.88 Å². The van der Waals surface area contributed by atoms with E-state index in [1.807, 2.05) is 6.07 Å². The number of hydrogen-bond donors (Lipinski definition) is 2. The molecule has 23 heavy (non-hydrogen) atoms. The number of methoxy groups -OCH3 is 1. The minimum absolute atomic E-state index is 0.461. The summed E-state index contributed by atoms with van der Waals surface area (Å²) in [7, 11) is 3.30. The lowest BCUT2D eigenvalue weighted by molar-refractivity contribution is -0.143. The molecular weight excluding hydrogens is 296 g/mol. The highest BCUT2D eigenvalue weighted by Gasteiger charge is 2.28. The van der Waals surface area contributed by atoms with Crippen LogP contribution in [0.25, 0.3) is 0 Å². The number of carboxylic acid groups (broad SMARTS) is 1. The molecule has 7 heteroatoms. The van der Waals surface area contributed by atoms with Crippen LogP contribution in [0.1, 0.15) is 41.8 Å². The molecule has 7 nitrogen and oxygen atoms in total. The van der Waals surface area contributed by atoms with E-state index in [1.54, 1.807) is 24.1 Å². The van der Waals surface area contributed by atoms with Gasteiger partial charge in [0.25, 0.3) is 0 Å². The molecule has 2 aromatic rings. The summed E-state index contributed by atoms with van der Waals surface area (Å²) in [5, 5.41) is 16.9. The van der Waals surface area contributed by atoms with E-state index in [2.05, 4.69) is 15.2 Å². The Bertz CT molecular complexity index is 679. The lowest BCUT2D eigenvalue weighted by Gasteiger charge is -2.24. The van der Waals surface area contributed by atoms with E-state index in [0.717, 1.165) is 11.4 Å². The van der Waals surface area contributed by atoms with E-state index in [1.165, 1.54) is 26.1 Å². The summed E-state index contributed by atoms with van der Waals surface area (Å²) in [6, 6.07) is 4.64. The zero-order chi connectivity index (χ0) is 16.4. The minimum atomic E-state index is -0.915. The van der Waals surface area contributed by atoms with Crippen LogP contribution in [0.3, 0.4) is 0 Å². The number of likely N-dealkylation sites (N-methyl/N-ethyl adjacent to an activating group) is 1. The van der Waals surface area contributed by atoms with Crippen LogP contribution in [0.4, 0.5) is 0 Å². The van der Waals surface area contributed by atoms with Gasteiger partial charge in [0.1, 0.15) is 6.04 Å². The Morgan fingerprint density at radius 1 is 1.52 bits per heavy atom. The van der Waals surface area contributed by atoms with Crippen molar-refractivity contribution >= 4 is 5.97 Å². The molecule has 2 heterocycles. The normalized spacial score (nSPS) is 15.6. The number of aromatic nitrogens is 3. The van der Waals surface area contributed by atoms with Gasteiger partial charge in [-0.25, -0.2) is 4.98 Å². The summed E-state index contributed by atoms with van der Waals surface area (Å²) in [5.41, 5.74) is 2.61. The smallest absolute Gasteiger partial charge is 0.325 e. The maximum Gasteiger partial charge on any atom is 0.325 e. The molecule has 0 radical (unpaired) electrons. The predicted octanol–water partition coefficient (Wildman–Crippen LogP) is 1.95. The van der Waals surface area contributed by atoms with Crippen LogP contribution in [-0.2, 0) is 11.3 Å². The highest BCUT2D eigenvalue weighted by Crippen LogP contribution is 2.39. The van der Waals surface area contributed by atoms with Gasteiger partial charge in [0, 0.05) is 30.4 Å². The van der Waals surface area contributed by atoms with Crippen LogP contribution in [0.15, 0.2) is 24.4 Å². The maximum atomic E-state index is 11.7. The van der Waals surface area contributed by atoms with Crippen molar-refractivity contribution in [2.45, 2.75) is 31.3 Å². The van der Waals surface area contributed by atoms with E-state index in [9.17, 15) is 9.90 Å². The summed E-state index contributed by atoms with van der Waals surface area (Å²) in [6.45, 7) is 0.475. The number of nitrogens with zero attached hydrogens (tertiary/aromatic N) is 3. The summed E-state index contributed by atoms with van der Waals surface area (Å²) in [5.74, 6) is 0.121. The molecule has 0 spiro atoms. The molecule has 0 aromatic carbocycles. The Balaban J connectivity index is 1.74. The molecule has 0 amide bonds. The van der Waals surface area contributed by atoms with Crippen LogP contribution in [0, 0.1) is 0 Å². The number of carbonyl (C=O) groups is 1. The summed E-state index contributed by atoms with van der Waals surface area (Å²) < 4.78 is 5.01. The van der Waals surface area contributed by atoms with E-state index in [0.29, 0.717) is 23.9 Å². The topological polar surface area (TPSA) is 91.3 Å². The van der Waals surface area contributed by atoms with Crippen molar-refractivity contribution in [2.24, 2.45) is 0 Å². The maximum absolute atomic E-state index is 11.7. The third-order valence-electron chi connectivity index (χ3n) is 4.02. The van der Waals surface area contributed by atoms with Gasteiger partial charge in [-0.1, -0.05) is 0 Å². The van der Waals surface area contributed by atoms with Crippen LogP contribution in [-0.4, -0.2) is 45.3 Å². The van der Waals surface area contributed by atoms with Crippen molar-refractivity contribution in [3.8, 4) is 5.88 Å². The first-order valence-corrected chi connectivity index (χ1v) is 7.55. The average molecular weight is 316 g/mol. The van der Waals surface area contributed by atoms with Crippen LogP contribution >= 0.6 is 0 Å². The van der Waals surface area contributed by atoms with Gasteiger partial charge in [-0.2, -0.15) is 5.10 Å². The molecule has 1 atom stereocenters. The standard InChI is InChI=1S/C16H20N4O3/c1-20(9-12-7-13(19-18-12)10-3-4-10)15(16(21)22)11-5-6-14(23-2)17-8-11/h5-8,10,15H,3-4,9H2,1-2H3,(H,18,19)(H,21,22). The van der Waals surface area contributed by atoms with Crippen molar-refractivity contribution in [3.63, 3.8) is 0 Å². The fraction of sp³-hybridized carbons (Fsp3) is 0.438. The largest absolute Gasteiger partial charge is 0.481 e. The molecule has 0 bridgehead atoms. The van der Waals surface area contributed by atoms with Crippen molar-refractivity contribution in [1.82, 2.24) is 20.1 Å². The number of aromatic amines is 1. The van der Waals surface area contributed by atoms with Crippen molar-refractivity contribution in [1.29, 1.82) is 0 Å². The van der Waals surface area contributed by atoms with Crippen molar-refractivity contribution in [2.75, 3.05) is 14.2 Å². The summed E-state index contributed by atoms with van der Waals surface area (Å²) in [6.07, 6.45) is 3.92. The van der Waals surface area contributed by atoms with E-state index < -0.39 is 12.0 Å². The Morgan fingerprint density at radius 3 is 2.87 bits per heavy atom. The number of hydrogen-bond acceptors (Lipinski definition) is 5. The highest BCUT2D eigenvalue weighted by molar-refractivity contribution is 5.75. The Kier molecular flexibility index (Phi) is 4.29. The fourth-order valence-corrected chi connectivity index (χ4v) is 2.67. The van der Waals surface area contributed by atoms with Gasteiger partial charge in [-0.05, 0) is 37.6 Å². The molecule has 1 aliphatic carbocycles. The lowest BCUT2D eigenvalue weighted by atomic mass is 10.1. The fourth-order valence-electron chi connectivity index (χ4n) is 2.67. The molecule has 1 fully saturated rings. The molecule has 1 unspecified atom stereocenters. The zero-order valence-electron chi connectivity index (χ0n) is 13.2. The second-order valence-corrected chi connectivity index (χ2v) is 5.88. The molecule has 3 rings (SSSR count). The highest BCUT2D eigenvalue weighted by atomic mass is 16.5. The first-order chi connectivity index (χ1) is 11.1. The second kappa shape index (κ2) is 6.37. The molecule has 1 saturated carbocycles. The van der Waals surface area contributed by atoms with Gasteiger partial charge in [-0.3, -0.25) is 14.8 Å². The molecule has 1 aliphatic rings. The number of H-pyrrole nitrogens is 1. The van der Waals surface area contributed by atoms with Gasteiger partial charge < -0.3 is 9.84 Å². The Morgan fingerprint density at radius 2 is 2.30 bits per heavy atom. The second-order valence-electron chi connectivity index (χ2n) is 5.88. The number of carboxylic acids is 1. The van der Waals surface area contributed by atoms with Crippen LogP contribution in [0.2, 0.25) is 0 Å². The van der Waals surface area contributed by atoms with E-state index in [-0.39, 0.29) is 0 Å². The number of aliphatic carboxylic acids is 1. The molecular formula is C16H20N4O3. The van der Waals surface area contributed by atoms with Crippen molar-refractivity contribution in [3.05, 3.63) is 41.3 Å². The summed E-state index contributed by atoms with van der Waals surface area (Å²) >= 11 is 0. The minimum Gasteiger partial charge on any atom is -0.481 e. The number of ether oxygens (including phenoxy) is 1. The quantitative estimate of drug-likeness (QED) is 0.811. The van der Waals surface area contributed by atoms with Gasteiger partial charge >= 0.3 is 5.97 Å². The van der Waals surface area contributed by atoms with Gasteiger partial charge in [0.05, 0.1) is 12.8 Å². The van der Waals surface area contributed by atoms with Crippen LogP contribution < -0.4 is 4.74 Å². The Labute approximate surface area is 134 Å². The molecule has 0 aliphatic heterocycles. The molecule has 122 valence electrons. The Hall–Kier alpha value is -2.41. The predicted molar refractivity (Wildman–Crippen MR) is 83.2 cm³/mol. The zero-order valence-corrected chi connectivity index (χ0v) is 13.2. The van der Waals surface area contributed by atoms with Crippen LogP contribution in [0.5, 0.6) is 5.88 Å². The molecule has 2 N–H and O–H groups in total. The van der Waals surface area contributed by atoms with Gasteiger partial charge in [-0.15, -0.1) is 0 Å².